The fourth-order valence-corrected chi connectivity index (χ4v) is 3.28. The van der Waals surface area contributed by atoms with Crippen LogP contribution in [0.2, 0.25) is 0 Å². The molecule has 2 N–H and O–H groups in total. The van der Waals surface area contributed by atoms with Crippen LogP contribution in [0.3, 0.4) is 0 Å². The highest BCUT2D eigenvalue weighted by Crippen LogP contribution is 2.29. The Morgan fingerprint density at radius 1 is 1.27 bits per heavy atom. The van der Waals surface area contributed by atoms with Gasteiger partial charge in [-0.05, 0) is 70.9 Å². The number of rotatable bonds is 8. The molecule has 2 rings (SSSR count). The molecule has 6 nitrogen and oxygen atoms in total. The zero-order chi connectivity index (χ0) is 18.2. The molecule has 148 valence electrons. The van der Waals surface area contributed by atoms with Crippen molar-refractivity contribution in [2.75, 3.05) is 46.2 Å². The second-order valence-electron chi connectivity index (χ2n) is 6.60. The van der Waals surface area contributed by atoms with Gasteiger partial charge in [-0.15, -0.1) is 12.4 Å². The van der Waals surface area contributed by atoms with Gasteiger partial charge >= 0.3 is 0 Å². The van der Waals surface area contributed by atoms with Crippen molar-refractivity contribution in [2.24, 2.45) is 5.92 Å². The lowest BCUT2D eigenvalue weighted by atomic mass is 9.93. The molecule has 1 heterocycles. The minimum atomic E-state index is -0.156. The number of benzene rings is 1. The lowest BCUT2D eigenvalue weighted by Crippen LogP contribution is -2.46. The first-order valence-corrected chi connectivity index (χ1v) is 9.00. The number of nitrogens with zero attached hydrogens (tertiary/aromatic N) is 1. The SMILES string of the molecule is CNCCC1CCN(C(C)C(=O)Nc2ccc(OC)cc2OC)CC1.Cl. The summed E-state index contributed by atoms with van der Waals surface area (Å²) in [6.07, 6.45) is 3.53. The molecular weight excluding hydrogens is 354 g/mol. The predicted octanol–water partition coefficient (Wildman–Crippen LogP) is 2.77. The van der Waals surface area contributed by atoms with Gasteiger partial charge in [-0.1, -0.05) is 0 Å². The van der Waals surface area contributed by atoms with Gasteiger partial charge in [0.2, 0.25) is 5.91 Å². The third kappa shape index (κ3) is 6.04. The largest absolute Gasteiger partial charge is 0.497 e. The van der Waals surface area contributed by atoms with E-state index in [4.69, 9.17) is 9.47 Å². The van der Waals surface area contributed by atoms with Gasteiger partial charge in [0.05, 0.1) is 25.9 Å². The Labute approximate surface area is 163 Å². The van der Waals surface area contributed by atoms with Gasteiger partial charge in [-0.25, -0.2) is 0 Å². The van der Waals surface area contributed by atoms with Gasteiger partial charge < -0.3 is 20.1 Å². The van der Waals surface area contributed by atoms with Crippen molar-refractivity contribution in [3.63, 3.8) is 0 Å². The van der Waals surface area contributed by atoms with Crippen LogP contribution in [0.1, 0.15) is 26.2 Å². The number of amides is 1. The quantitative estimate of drug-likeness (QED) is 0.720. The van der Waals surface area contributed by atoms with Crippen LogP contribution in [0.5, 0.6) is 11.5 Å². The van der Waals surface area contributed by atoms with E-state index >= 15 is 0 Å². The Balaban J connectivity index is 0.00000338. The molecule has 1 aromatic carbocycles. The Kier molecular flexibility index (Phi) is 9.76. The molecule has 0 aromatic heterocycles. The van der Waals surface area contributed by atoms with Gasteiger partial charge in [0, 0.05) is 6.07 Å². The maximum absolute atomic E-state index is 12.6. The number of hydrogen-bond donors (Lipinski definition) is 2. The third-order valence-electron chi connectivity index (χ3n) is 5.05. The van der Waals surface area contributed by atoms with Crippen LogP contribution in [-0.4, -0.2) is 57.8 Å². The number of halogens is 1. The zero-order valence-electron chi connectivity index (χ0n) is 16.2. The Morgan fingerprint density at radius 2 is 1.96 bits per heavy atom. The number of hydrogen-bond acceptors (Lipinski definition) is 5. The van der Waals surface area contributed by atoms with Gasteiger partial charge in [-0.3, -0.25) is 9.69 Å². The highest BCUT2D eigenvalue weighted by molar-refractivity contribution is 5.96. The summed E-state index contributed by atoms with van der Waals surface area (Å²) < 4.78 is 10.5. The van der Waals surface area contributed by atoms with Crippen LogP contribution < -0.4 is 20.1 Å². The van der Waals surface area contributed by atoms with Crippen LogP contribution in [0, 0.1) is 5.92 Å². The van der Waals surface area contributed by atoms with Crippen LogP contribution >= 0.6 is 12.4 Å². The number of anilines is 1. The first kappa shape index (κ1) is 22.5. The van der Waals surface area contributed by atoms with E-state index in [-0.39, 0.29) is 24.4 Å². The second-order valence-corrected chi connectivity index (χ2v) is 6.60. The summed E-state index contributed by atoms with van der Waals surface area (Å²) in [6.45, 7) is 4.99. The molecule has 0 radical (unpaired) electrons. The smallest absolute Gasteiger partial charge is 0.241 e. The van der Waals surface area contributed by atoms with Crippen molar-refractivity contribution >= 4 is 24.0 Å². The summed E-state index contributed by atoms with van der Waals surface area (Å²) >= 11 is 0. The minimum absolute atomic E-state index is 0. The fourth-order valence-electron chi connectivity index (χ4n) is 3.28. The first-order valence-electron chi connectivity index (χ1n) is 9.00. The molecule has 0 aliphatic carbocycles. The van der Waals surface area contributed by atoms with Crippen molar-refractivity contribution in [3.05, 3.63) is 18.2 Å². The second kappa shape index (κ2) is 11.3. The summed E-state index contributed by atoms with van der Waals surface area (Å²) in [7, 11) is 5.19. The van der Waals surface area contributed by atoms with Crippen LogP contribution in [0.4, 0.5) is 5.69 Å². The molecule has 0 bridgehead atoms. The number of carbonyl (C=O) groups is 1. The highest BCUT2D eigenvalue weighted by Gasteiger charge is 2.26. The normalized spacial score (nSPS) is 16.5. The fraction of sp³-hybridized carbons (Fsp3) is 0.632. The average Bonchev–Trinajstić information content (AvgIpc) is 2.66. The minimum Gasteiger partial charge on any atom is -0.497 e. The molecule has 1 fully saturated rings. The van der Waals surface area contributed by atoms with Gasteiger partial charge in [0.1, 0.15) is 11.5 Å². The van der Waals surface area contributed by atoms with E-state index in [1.165, 1.54) is 6.42 Å². The number of nitrogens with one attached hydrogen (secondary N) is 2. The maximum Gasteiger partial charge on any atom is 0.241 e. The maximum atomic E-state index is 12.6. The van der Waals surface area contributed by atoms with Crippen molar-refractivity contribution < 1.29 is 14.3 Å². The molecule has 7 heteroatoms. The van der Waals surface area contributed by atoms with Gasteiger partial charge in [0.25, 0.3) is 0 Å². The molecule has 26 heavy (non-hydrogen) atoms. The lowest BCUT2D eigenvalue weighted by Gasteiger charge is -2.35. The van der Waals surface area contributed by atoms with Crippen LogP contribution in [0.15, 0.2) is 18.2 Å². The summed E-state index contributed by atoms with van der Waals surface area (Å²) in [5.74, 6) is 2.06. The summed E-state index contributed by atoms with van der Waals surface area (Å²) in [5.41, 5.74) is 0.670. The average molecular weight is 386 g/mol. The van der Waals surface area contributed by atoms with E-state index in [9.17, 15) is 4.79 Å². The molecule has 1 atom stereocenters. The summed E-state index contributed by atoms with van der Waals surface area (Å²) in [6, 6.07) is 5.24. The van der Waals surface area contributed by atoms with E-state index in [1.54, 1.807) is 20.3 Å². The molecule has 1 amide bonds. The number of carbonyl (C=O) groups excluding carboxylic acids is 1. The standard InChI is InChI=1S/C19H31N3O3.ClH/c1-14(22-11-8-15(9-12-22)7-10-20-2)19(23)21-17-6-5-16(24-3)13-18(17)25-4;/h5-6,13-15,20H,7-12H2,1-4H3,(H,21,23);1H. The number of ether oxygens (including phenoxy) is 2. The third-order valence-corrected chi connectivity index (χ3v) is 5.05. The van der Waals surface area contributed by atoms with Crippen LogP contribution in [0.25, 0.3) is 0 Å². The molecule has 1 saturated heterocycles. The molecule has 0 saturated carbocycles. The van der Waals surface area contributed by atoms with Crippen molar-refractivity contribution in [3.8, 4) is 11.5 Å². The Morgan fingerprint density at radius 3 is 2.54 bits per heavy atom. The van der Waals surface area contributed by atoms with Crippen molar-refractivity contribution in [1.29, 1.82) is 0 Å². The highest BCUT2D eigenvalue weighted by atomic mass is 35.5. The zero-order valence-corrected chi connectivity index (χ0v) is 17.0. The monoisotopic (exact) mass is 385 g/mol. The van der Waals surface area contributed by atoms with E-state index in [2.05, 4.69) is 15.5 Å². The molecule has 1 aromatic rings. The molecule has 1 unspecified atom stereocenters. The topological polar surface area (TPSA) is 62.8 Å². The van der Waals surface area contributed by atoms with E-state index in [0.29, 0.717) is 17.2 Å². The van der Waals surface area contributed by atoms with Crippen molar-refractivity contribution in [2.45, 2.75) is 32.2 Å². The van der Waals surface area contributed by atoms with E-state index < -0.39 is 0 Å². The molecule has 0 spiro atoms. The summed E-state index contributed by atoms with van der Waals surface area (Å²) in [5, 5.41) is 6.20. The number of likely N-dealkylation sites (tertiary alicyclic amines) is 1. The Hall–Kier alpha value is -1.50. The van der Waals surface area contributed by atoms with Gasteiger partial charge in [0.15, 0.2) is 0 Å². The van der Waals surface area contributed by atoms with Gasteiger partial charge in [-0.2, -0.15) is 0 Å². The predicted molar refractivity (Wildman–Crippen MR) is 108 cm³/mol. The molecule has 1 aliphatic heterocycles. The molecular formula is C19H32ClN3O3. The lowest BCUT2D eigenvalue weighted by molar-refractivity contribution is -0.121. The van der Waals surface area contributed by atoms with E-state index in [1.807, 2.05) is 26.1 Å². The Bertz CT molecular complexity index is 563. The number of methoxy groups -OCH3 is 2. The van der Waals surface area contributed by atoms with E-state index in [0.717, 1.165) is 38.4 Å². The van der Waals surface area contributed by atoms with Crippen LogP contribution in [-0.2, 0) is 4.79 Å². The first-order chi connectivity index (χ1) is 12.1. The molecule has 1 aliphatic rings. The van der Waals surface area contributed by atoms with Crippen molar-refractivity contribution in [1.82, 2.24) is 10.2 Å². The number of piperidine rings is 1. The summed E-state index contributed by atoms with van der Waals surface area (Å²) in [4.78, 5) is 14.9.